The van der Waals surface area contributed by atoms with Crippen molar-refractivity contribution >= 4 is 16.9 Å². The van der Waals surface area contributed by atoms with Crippen molar-refractivity contribution in [2.75, 3.05) is 6.54 Å². The third kappa shape index (κ3) is 2.59. The quantitative estimate of drug-likeness (QED) is 0.733. The molecular weight excluding hydrogens is 318 g/mol. The van der Waals surface area contributed by atoms with Crippen molar-refractivity contribution in [3.05, 3.63) is 41.8 Å². The van der Waals surface area contributed by atoms with Gasteiger partial charge in [-0.3, -0.25) is 4.79 Å². The van der Waals surface area contributed by atoms with Crippen LogP contribution >= 0.6 is 0 Å². The van der Waals surface area contributed by atoms with Gasteiger partial charge in [-0.2, -0.15) is 4.98 Å². The predicted octanol–water partition coefficient (Wildman–Crippen LogP) is 3.06. The number of para-hydroxylation sites is 1. The van der Waals surface area contributed by atoms with E-state index in [4.69, 9.17) is 4.52 Å². The first kappa shape index (κ1) is 15.8. The molecule has 0 radical (unpaired) electrons. The van der Waals surface area contributed by atoms with Crippen LogP contribution < -0.4 is 0 Å². The lowest BCUT2D eigenvalue weighted by Crippen LogP contribution is -2.31. The fourth-order valence-electron chi connectivity index (χ4n) is 3.44. The maximum Gasteiger partial charge on any atom is 0.256 e. The molecule has 0 N–H and O–H groups in total. The van der Waals surface area contributed by atoms with E-state index in [2.05, 4.69) is 15.1 Å². The molecule has 0 saturated carbocycles. The molecule has 1 atom stereocenters. The number of likely N-dealkylation sites (tertiary alicyclic amines) is 1. The van der Waals surface area contributed by atoms with E-state index in [1.165, 1.54) is 0 Å². The minimum atomic E-state index is -0.132. The van der Waals surface area contributed by atoms with Crippen LogP contribution in [0, 0.1) is 0 Å². The van der Waals surface area contributed by atoms with Crippen LogP contribution in [0.4, 0.5) is 0 Å². The van der Waals surface area contributed by atoms with Crippen LogP contribution in [0.2, 0.25) is 0 Å². The summed E-state index contributed by atoms with van der Waals surface area (Å²) < 4.78 is 7.22. The smallest absolute Gasteiger partial charge is 0.256 e. The molecule has 3 heterocycles. The van der Waals surface area contributed by atoms with E-state index < -0.39 is 0 Å². The summed E-state index contributed by atoms with van der Waals surface area (Å²) in [5, 5.41) is 4.12. The SMILES string of the molecule is CC(C)c1nc(C2CCCN2C(=O)c2cccc3ncn(C)c23)no1. The lowest BCUT2D eigenvalue weighted by molar-refractivity contribution is 0.0730. The Balaban J connectivity index is 1.69. The Hall–Kier alpha value is -2.70. The normalized spacial score (nSPS) is 17.8. The zero-order valence-electron chi connectivity index (χ0n) is 14.6. The van der Waals surface area contributed by atoms with Crippen molar-refractivity contribution in [1.29, 1.82) is 0 Å². The van der Waals surface area contributed by atoms with Crippen molar-refractivity contribution in [2.24, 2.45) is 7.05 Å². The van der Waals surface area contributed by atoms with Crippen molar-refractivity contribution in [3.63, 3.8) is 0 Å². The average Bonchev–Trinajstić information content (AvgIpc) is 3.33. The summed E-state index contributed by atoms with van der Waals surface area (Å²) in [6.45, 7) is 4.72. The number of fused-ring (bicyclic) bond motifs is 1. The molecule has 1 saturated heterocycles. The number of carbonyl (C=O) groups is 1. The zero-order chi connectivity index (χ0) is 17.6. The van der Waals surface area contributed by atoms with Gasteiger partial charge < -0.3 is 14.0 Å². The van der Waals surface area contributed by atoms with Gasteiger partial charge in [-0.1, -0.05) is 25.1 Å². The fourth-order valence-corrected chi connectivity index (χ4v) is 3.44. The second kappa shape index (κ2) is 5.98. The van der Waals surface area contributed by atoms with Gasteiger partial charge in [0, 0.05) is 19.5 Å². The van der Waals surface area contributed by atoms with E-state index in [0.717, 1.165) is 23.9 Å². The topological polar surface area (TPSA) is 77.1 Å². The molecule has 4 rings (SSSR count). The van der Waals surface area contributed by atoms with Crippen LogP contribution in [-0.4, -0.2) is 37.0 Å². The number of benzene rings is 1. The van der Waals surface area contributed by atoms with E-state index in [9.17, 15) is 4.79 Å². The third-order valence-corrected chi connectivity index (χ3v) is 4.73. The number of aromatic nitrogens is 4. The number of carbonyl (C=O) groups excluding carboxylic acids is 1. The number of imidazole rings is 1. The van der Waals surface area contributed by atoms with Gasteiger partial charge in [0.2, 0.25) is 5.89 Å². The highest BCUT2D eigenvalue weighted by Gasteiger charge is 2.35. The molecule has 7 heteroatoms. The van der Waals surface area contributed by atoms with Crippen LogP contribution in [-0.2, 0) is 7.05 Å². The standard InChI is InChI=1S/C18H21N5O2/c1-11(2)17-20-16(21-25-17)14-8-5-9-23(14)18(24)12-6-4-7-13-15(12)22(3)10-19-13/h4,6-7,10-11,14H,5,8-9H2,1-3H3. The summed E-state index contributed by atoms with van der Waals surface area (Å²) in [5.41, 5.74) is 2.34. The summed E-state index contributed by atoms with van der Waals surface area (Å²) in [6.07, 6.45) is 3.52. The Bertz CT molecular complexity index is 927. The highest BCUT2D eigenvalue weighted by Crippen LogP contribution is 2.33. The summed E-state index contributed by atoms with van der Waals surface area (Å²) in [5.74, 6) is 1.39. The number of hydrogen-bond donors (Lipinski definition) is 0. The first-order chi connectivity index (χ1) is 12.1. The van der Waals surface area contributed by atoms with E-state index in [0.29, 0.717) is 23.8 Å². The third-order valence-electron chi connectivity index (χ3n) is 4.73. The van der Waals surface area contributed by atoms with Gasteiger partial charge in [-0.25, -0.2) is 4.98 Å². The van der Waals surface area contributed by atoms with Crippen LogP contribution in [0.15, 0.2) is 29.0 Å². The van der Waals surface area contributed by atoms with Crippen LogP contribution in [0.3, 0.4) is 0 Å². The molecule has 0 aliphatic carbocycles. The van der Waals surface area contributed by atoms with E-state index in [-0.39, 0.29) is 17.9 Å². The van der Waals surface area contributed by atoms with Gasteiger partial charge in [-0.05, 0) is 25.0 Å². The highest BCUT2D eigenvalue weighted by molar-refractivity contribution is 6.05. The summed E-state index contributed by atoms with van der Waals surface area (Å²) in [6, 6.07) is 5.52. The van der Waals surface area contributed by atoms with Crippen molar-refractivity contribution in [2.45, 2.75) is 38.6 Å². The second-order valence-electron chi connectivity index (χ2n) is 6.83. The Morgan fingerprint density at radius 3 is 2.96 bits per heavy atom. The minimum absolute atomic E-state index is 0.00685. The van der Waals surface area contributed by atoms with Crippen LogP contribution in [0.25, 0.3) is 11.0 Å². The van der Waals surface area contributed by atoms with Crippen LogP contribution in [0.5, 0.6) is 0 Å². The van der Waals surface area contributed by atoms with Gasteiger partial charge in [0.05, 0.1) is 29.0 Å². The molecule has 130 valence electrons. The van der Waals surface area contributed by atoms with Crippen molar-refractivity contribution in [3.8, 4) is 0 Å². The summed E-state index contributed by atoms with van der Waals surface area (Å²) in [7, 11) is 1.90. The van der Waals surface area contributed by atoms with Gasteiger partial charge in [0.1, 0.15) is 0 Å². The number of hydrogen-bond acceptors (Lipinski definition) is 5. The Labute approximate surface area is 145 Å². The van der Waals surface area contributed by atoms with Gasteiger partial charge in [0.25, 0.3) is 5.91 Å². The van der Waals surface area contributed by atoms with Gasteiger partial charge >= 0.3 is 0 Å². The molecule has 1 aliphatic heterocycles. The Morgan fingerprint density at radius 1 is 1.36 bits per heavy atom. The highest BCUT2D eigenvalue weighted by atomic mass is 16.5. The Morgan fingerprint density at radius 2 is 2.20 bits per heavy atom. The second-order valence-corrected chi connectivity index (χ2v) is 6.83. The summed E-state index contributed by atoms with van der Waals surface area (Å²) in [4.78, 5) is 23.9. The lowest BCUT2D eigenvalue weighted by Gasteiger charge is -2.22. The molecule has 1 aromatic carbocycles. The van der Waals surface area contributed by atoms with Gasteiger partial charge in [-0.15, -0.1) is 0 Å². The largest absolute Gasteiger partial charge is 0.339 e. The first-order valence-corrected chi connectivity index (χ1v) is 8.60. The first-order valence-electron chi connectivity index (χ1n) is 8.60. The molecule has 1 amide bonds. The van der Waals surface area contributed by atoms with E-state index >= 15 is 0 Å². The zero-order valence-corrected chi connectivity index (χ0v) is 14.6. The monoisotopic (exact) mass is 339 g/mol. The molecule has 0 spiro atoms. The molecule has 1 aliphatic rings. The summed E-state index contributed by atoms with van der Waals surface area (Å²) >= 11 is 0. The molecule has 1 unspecified atom stereocenters. The molecule has 3 aromatic rings. The van der Waals surface area contributed by atoms with Gasteiger partial charge in [0.15, 0.2) is 5.82 Å². The predicted molar refractivity (Wildman–Crippen MR) is 92.1 cm³/mol. The average molecular weight is 339 g/mol. The number of aryl methyl sites for hydroxylation is 1. The number of rotatable bonds is 3. The van der Waals surface area contributed by atoms with E-state index in [1.807, 2.05) is 48.6 Å². The Kier molecular flexibility index (Phi) is 3.78. The maximum absolute atomic E-state index is 13.2. The molecule has 1 fully saturated rings. The molecular formula is C18H21N5O2. The molecule has 7 nitrogen and oxygen atoms in total. The molecule has 2 aromatic heterocycles. The van der Waals surface area contributed by atoms with Crippen molar-refractivity contribution < 1.29 is 9.32 Å². The lowest BCUT2D eigenvalue weighted by atomic mass is 10.1. The number of nitrogens with zero attached hydrogens (tertiary/aromatic N) is 5. The van der Waals surface area contributed by atoms with Crippen molar-refractivity contribution in [1.82, 2.24) is 24.6 Å². The minimum Gasteiger partial charge on any atom is -0.339 e. The number of amides is 1. The van der Waals surface area contributed by atoms with Crippen LogP contribution in [0.1, 0.15) is 60.7 Å². The molecule has 25 heavy (non-hydrogen) atoms. The fraction of sp³-hybridized carbons (Fsp3) is 0.444. The molecule has 0 bridgehead atoms. The van der Waals surface area contributed by atoms with E-state index in [1.54, 1.807) is 6.33 Å². The maximum atomic E-state index is 13.2.